The molecule has 31 heavy (non-hydrogen) atoms. The van der Waals surface area contributed by atoms with Crippen LogP contribution in [0.1, 0.15) is 25.7 Å². The number of morpholine rings is 1. The van der Waals surface area contributed by atoms with Crippen molar-refractivity contribution in [1.29, 1.82) is 0 Å². The Kier molecular flexibility index (Phi) is 6.75. The van der Waals surface area contributed by atoms with Crippen LogP contribution in [0.15, 0.2) is 42.5 Å². The van der Waals surface area contributed by atoms with Crippen LogP contribution in [0.4, 0.5) is 5.69 Å². The van der Waals surface area contributed by atoms with Crippen molar-refractivity contribution in [2.75, 3.05) is 38.2 Å². The summed E-state index contributed by atoms with van der Waals surface area (Å²) in [7, 11) is 0. The first-order valence-corrected chi connectivity index (χ1v) is 10.9. The van der Waals surface area contributed by atoms with Crippen LogP contribution in [0.3, 0.4) is 0 Å². The number of rotatable bonds is 7. The molecule has 1 N–H and O–H groups in total. The predicted octanol–water partition coefficient (Wildman–Crippen LogP) is 4.12. The van der Waals surface area contributed by atoms with Crippen molar-refractivity contribution in [3.8, 4) is 5.75 Å². The van der Waals surface area contributed by atoms with Gasteiger partial charge in [0.05, 0.1) is 30.8 Å². The molecule has 1 fully saturated rings. The highest BCUT2D eigenvalue weighted by atomic mass is 35.5. The third kappa shape index (κ3) is 5.36. The number of amides is 1. The lowest BCUT2D eigenvalue weighted by Gasteiger charge is -2.27. The summed E-state index contributed by atoms with van der Waals surface area (Å²) in [5.74, 6) is 1.39. The summed E-state index contributed by atoms with van der Waals surface area (Å²) in [4.78, 5) is 19.6. The zero-order valence-corrected chi connectivity index (χ0v) is 18.6. The third-order valence-corrected chi connectivity index (χ3v) is 5.47. The molecule has 1 aliphatic rings. The molecule has 2 aromatic carbocycles. The molecule has 1 amide bonds. The van der Waals surface area contributed by atoms with E-state index in [-0.39, 0.29) is 18.6 Å². The Bertz CT molecular complexity index is 1040. The molecule has 164 valence electrons. The number of hydrogen-bond donors (Lipinski definition) is 1. The Morgan fingerprint density at radius 3 is 2.65 bits per heavy atom. The van der Waals surface area contributed by atoms with E-state index in [4.69, 9.17) is 26.1 Å². The molecule has 8 heteroatoms. The number of aromatic nitrogens is 2. The normalized spacial score (nSPS) is 14.8. The van der Waals surface area contributed by atoms with Gasteiger partial charge in [-0.25, -0.2) is 4.98 Å². The van der Waals surface area contributed by atoms with E-state index >= 15 is 0 Å². The van der Waals surface area contributed by atoms with Gasteiger partial charge in [0, 0.05) is 29.8 Å². The lowest BCUT2D eigenvalue weighted by atomic mass is 10.2. The Balaban J connectivity index is 1.46. The number of ether oxygens (including phenoxy) is 2. The van der Waals surface area contributed by atoms with Crippen LogP contribution < -0.4 is 10.1 Å². The maximum Gasteiger partial charge on any atom is 0.262 e. The Hall–Kier alpha value is -2.61. The monoisotopic (exact) mass is 442 g/mol. The van der Waals surface area contributed by atoms with Crippen LogP contribution in [0, 0.1) is 0 Å². The van der Waals surface area contributed by atoms with Crippen molar-refractivity contribution < 1.29 is 14.3 Å². The van der Waals surface area contributed by atoms with E-state index in [0.717, 1.165) is 49.7 Å². The number of fused-ring (bicyclic) bond motifs is 1. The number of benzene rings is 2. The zero-order chi connectivity index (χ0) is 21.8. The molecule has 0 atom stereocenters. The fourth-order valence-electron chi connectivity index (χ4n) is 3.75. The van der Waals surface area contributed by atoms with E-state index in [1.165, 1.54) is 0 Å². The molecule has 0 spiro atoms. The lowest BCUT2D eigenvalue weighted by molar-refractivity contribution is -0.118. The van der Waals surface area contributed by atoms with Crippen molar-refractivity contribution in [2.24, 2.45) is 0 Å². The van der Waals surface area contributed by atoms with Crippen molar-refractivity contribution in [3.05, 3.63) is 53.3 Å². The second-order valence-electron chi connectivity index (χ2n) is 7.87. The smallest absolute Gasteiger partial charge is 0.262 e. The van der Waals surface area contributed by atoms with Gasteiger partial charge in [-0.05, 0) is 56.3 Å². The standard InChI is InChI=1S/C23H27ClN4O3/c1-16(2)28-21-8-5-18(25-23(29)15-31-19-6-3-17(24)4-7-19)13-20(21)26-22(28)14-27-9-11-30-12-10-27/h3-8,13,16H,9-12,14-15H2,1-2H3,(H,25,29). The number of nitrogens with zero attached hydrogens (tertiary/aromatic N) is 3. The highest BCUT2D eigenvalue weighted by Gasteiger charge is 2.18. The summed E-state index contributed by atoms with van der Waals surface area (Å²) < 4.78 is 13.2. The van der Waals surface area contributed by atoms with Crippen LogP contribution in [-0.2, 0) is 16.1 Å². The van der Waals surface area contributed by atoms with Gasteiger partial charge in [-0.2, -0.15) is 0 Å². The minimum absolute atomic E-state index is 0.0810. The molecule has 0 bridgehead atoms. The van der Waals surface area contributed by atoms with Crippen LogP contribution in [0.2, 0.25) is 5.02 Å². The number of carbonyl (C=O) groups is 1. The van der Waals surface area contributed by atoms with Gasteiger partial charge >= 0.3 is 0 Å². The predicted molar refractivity (Wildman–Crippen MR) is 122 cm³/mol. The lowest BCUT2D eigenvalue weighted by Crippen LogP contribution is -2.36. The third-order valence-electron chi connectivity index (χ3n) is 5.21. The minimum atomic E-state index is -0.230. The van der Waals surface area contributed by atoms with Gasteiger partial charge in [0.2, 0.25) is 0 Å². The molecule has 0 radical (unpaired) electrons. The average Bonchev–Trinajstić information content (AvgIpc) is 3.11. The Morgan fingerprint density at radius 1 is 1.19 bits per heavy atom. The van der Waals surface area contributed by atoms with Gasteiger partial charge in [0.25, 0.3) is 5.91 Å². The number of halogens is 1. The molecule has 4 rings (SSSR count). The highest BCUT2D eigenvalue weighted by molar-refractivity contribution is 6.30. The number of anilines is 1. The molecule has 2 heterocycles. The quantitative estimate of drug-likeness (QED) is 0.596. The summed E-state index contributed by atoms with van der Waals surface area (Å²) in [6.45, 7) is 8.37. The second-order valence-corrected chi connectivity index (χ2v) is 8.31. The average molecular weight is 443 g/mol. The van der Waals surface area contributed by atoms with Gasteiger partial charge in [-0.3, -0.25) is 9.69 Å². The summed E-state index contributed by atoms with van der Waals surface area (Å²) in [6, 6.07) is 13.0. The number of carbonyl (C=O) groups excluding carboxylic acids is 1. The largest absolute Gasteiger partial charge is 0.484 e. The van der Waals surface area contributed by atoms with Crippen molar-refractivity contribution in [3.63, 3.8) is 0 Å². The van der Waals surface area contributed by atoms with Gasteiger partial charge < -0.3 is 19.4 Å². The van der Waals surface area contributed by atoms with Gasteiger partial charge in [-0.15, -0.1) is 0 Å². The fourth-order valence-corrected chi connectivity index (χ4v) is 3.88. The van der Waals surface area contributed by atoms with Gasteiger partial charge in [0.15, 0.2) is 6.61 Å². The SMILES string of the molecule is CC(C)n1c(CN2CCOCC2)nc2cc(NC(=O)COc3ccc(Cl)cc3)ccc21. The Morgan fingerprint density at radius 2 is 1.94 bits per heavy atom. The topological polar surface area (TPSA) is 68.6 Å². The van der Waals surface area contributed by atoms with Gasteiger partial charge in [0.1, 0.15) is 11.6 Å². The van der Waals surface area contributed by atoms with Crippen molar-refractivity contribution in [1.82, 2.24) is 14.5 Å². The summed E-state index contributed by atoms with van der Waals surface area (Å²) in [5.41, 5.74) is 2.63. The van der Waals surface area contributed by atoms with E-state index < -0.39 is 0 Å². The maximum atomic E-state index is 12.3. The molecule has 0 saturated carbocycles. The van der Waals surface area contributed by atoms with Crippen LogP contribution in [-0.4, -0.2) is 53.3 Å². The molecule has 1 aromatic heterocycles. The summed E-state index contributed by atoms with van der Waals surface area (Å²) >= 11 is 5.87. The fraction of sp³-hybridized carbons (Fsp3) is 0.391. The number of hydrogen-bond acceptors (Lipinski definition) is 5. The number of nitrogens with one attached hydrogen (secondary N) is 1. The van der Waals surface area contributed by atoms with E-state index in [1.807, 2.05) is 18.2 Å². The van der Waals surface area contributed by atoms with E-state index in [1.54, 1.807) is 24.3 Å². The molecular weight excluding hydrogens is 416 g/mol. The molecule has 1 saturated heterocycles. The second kappa shape index (κ2) is 9.68. The summed E-state index contributed by atoms with van der Waals surface area (Å²) in [5, 5.41) is 3.51. The van der Waals surface area contributed by atoms with Crippen LogP contribution >= 0.6 is 11.6 Å². The molecule has 7 nitrogen and oxygen atoms in total. The Labute approximate surface area is 186 Å². The van der Waals surface area contributed by atoms with Gasteiger partial charge in [-0.1, -0.05) is 11.6 Å². The van der Waals surface area contributed by atoms with Crippen LogP contribution in [0.25, 0.3) is 11.0 Å². The zero-order valence-electron chi connectivity index (χ0n) is 17.8. The minimum Gasteiger partial charge on any atom is -0.484 e. The van der Waals surface area contributed by atoms with E-state index in [9.17, 15) is 4.79 Å². The first kappa shape index (κ1) is 21.6. The molecule has 0 aliphatic carbocycles. The first-order chi connectivity index (χ1) is 15.0. The molecule has 1 aliphatic heterocycles. The maximum absolute atomic E-state index is 12.3. The number of imidazole rings is 1. The molecular formula is C23H27ClN4O3. The van der Waals surface area contributed by atoms with Crippen molar-refractivity contribution in [2.45, 2.75) is 26.4 Å². The van der Waals surface area contributed by atoms with E-state index in [0.29, 0.717) is 16.5 Å². The molecule has 3 aromatic rings. The van der Waals surface area contributed by atoms with E-state index in [2.05, 4.69) is 28.6 Å². The molecule has 0 unspecified atom stereocenters. The first-order valence-electron chi connectivity index (χ1n) is 10.5. The van der Waals surface area contributed by atoms with Crippen molar-refractivity contribution >= 4 is 34.2 Å². The summed E-state index contributed by atoms with van der Waals surface area (Å²) in [6.07, 6.45) is 0. The van der Waals surface area contributed by atoms with Crippen LogP contribution in [0.5, 0.6) is 5.75 Å². The highest BCUT2D eigenvalue weighted by Crippen LogP contribution is 2.25.